The minimum absolute atomic E-state index is 0.165. The fourth-order valence-electron chi connectivity index (χ4n) is 1.81. The van der Waals surface area contributed by atoms with Gasteiger partial charge in [-0.1, -0.05) is 25.8 Å². The lowest BCUT2D eigenvalue weighted by molar-refractivity contribution is -0.158. The summed E-state index contributed by atoms with van der Waals surface area (Å²) in [7, 11) is 0. The third-order valence-corrected chi connectivity index (χ3v) is 2.68. The molecular weight excluding hydrogens is 208 g/mol. The van der Waals surface area contributed by atoms with E-state index in [0.29, 0.717) is 6.42 Å². The predicted molar refractivity (Wildman–Crippen MR) is 59.7 cm³/mol. The summed E-state index contributed by atoms with van der Waals surface area (Å²) >= 11 is 0. The number of ether oxygens (including phenoxy) is 2. The van der Waals surface area contributed by atoms with E-state index in [4.69, 9.17) is 9.47 Å². The first kappa shape index (κ1) is 13.2. The van der Waals surface area contributed by atoms with Crippen LogP contribution in [0, 0.1) is 0 Å². The summed E-state index contributed by atoms with van der Waals surface area (Å²) in [4.78, 5) is 10.7. The number of esters is 1. The van der Waals surface area contributed by atoms with Crippen molar-refractivity contribution < 1.29 is 19.4 Å². The number of aliphatic hydroxyl groups excluding tert-OH is 1. The highest BCUT2D eigenvalue weighted by Gasteiger charge is 2.17. The fraction of sp³-hybridized carbons (Fsp3) is 0.750. The fourth-order valence-corrected chi connectivity index (χ4v) is 1.81. The van der Waals surface area contributed by atoms with Crippen LogP contribution in [0.5, 0.6) is 0 Å². The normalized spacial score (nSPS) is 19.1. The predicted octanol–water partition coefficient (Wildman–Crippen LogP) is 1.77. The number of carbonyl (C=O) groups is 1. The average molecular weight is 228 g/mol. The molecule has 4 nitrogen and oxygen atoms in total. The highest BCUT2D eigenvalue weighted by molar-refractivity contribution is 5.81. The second-order valence-corrected chi connectivity index (χ2v) is 4.01. The maximum atomic E-state index is 10.7. The van der Waals surface area contributed by atoms with Crippen molar-refractivity contribution in [2.24, 2.45) is 0 Å². The molecule has 16 heavy (non-hydrogen) atoms. The third-order valence-electron chi connectivity index (χ3n) is 2.68. The molecule has 0 radical (unpaired) electrons. The number of hydrogen-bond donors (Lipinski definition) is 1. The summed E-state index contributed by atoms with van der Waals surface area (Å²) in [5.41, 5.74) is 0. The van der Waals surface area contributed by atoms with Crippen LogP contribution in [0.25, 0.3) is 0 Å². The van der Waals surface area contributed by atoms with Gasteiger partial charge in [-0.15, -0.1) is 0 Å². The Labute approximate surface area is 96.2 Å². The van der Waals surface area contributed by atoms with Gasteiger partial charge in [0.15, 0.2) is 6.29 Å². The molecule has 0 bridgehead atoms. The van der Waals surface area contributed by atoms with Crippen molar-refractivity contribution in [2.75, 3.05) is 6.61 Å². The minimum Gasteiger partial charge on any atom is -0.462 e. The lowest BCUT2D eigenvalue weighted by Gasteiger charge is -2.24. The Kier molecular flexibility index (Phi) is 6.11. The summed E-state index contributed by atoms with van der Waals surface area (Å²) in [6.07, 6.45) is 6.38. The first-order chi connectivity index (χ1) is 7.72. The topological polar surface area (TPSA) is 55.8 Å². The van der Waals surface area contributed by atoms with Crippen molar-refractivity contribution in [1.29, 1.82) is 0 Å². The third kappa shape index (κ3) is 5.28. The van der Waals surface area contributed by atoms with Gasteiger partial charge in [0.1, 0.15) is 0 Å². The van der Waals surface area contributed by atoms with E-state index in [1.165, 1.54) is 19.3 Å². The monoisotopic (exact) mass is 228 g/mol. The largest absolute Gasteiger partial charge is 0.462 e. The van der Waals surface area contributed by atoms with Gasteiger partial charge in [-0.05, 0) is 12.8 Å². The Morgan fingerprint density at radius 3 is 2.75 bits per heavy atom. The summed E-state index contributed by atoms with van der Waals surface area (Å²) in [6.45, 7) is 3.45. The lowest BCUT2D eigenvalue weighted by Crippen LogP contribution is -2.25. The number of hydrogen-bond acceptors (Lipinski definition) is 4. The van der Waals surface area contributed by atoms with Crippen molar-refractivity contribution >= 4 is 5.97 Å². The molecule has 0 aromatic rings. The molecule has 0 spiro atoms. The van der Waals surface area contributed by atoms with Gasteiger partial charge in [-0.25, -0.2) is 4.79 Å². The molecule has 0 saturated heterocycles. The van der Waals surface area contributed by atoms with Gasteiger partial charge in [-0.3, -0.25) is 0 Å². The van der Waals surface area contributed by atoms with Crippen molar-refractivity contribution in [3.05, 3.63) is 12.7 Å². The molecule has 0 aromatic heterocycles. The summed E-state index contributed by atoms with van der Waals surface area (Å²) in [5, 5.41) is 9.55. The Bertz CT molecular complexity index is 221. The van der Waals surface area contributed by atoms with E-state index in [1.54, 1.807) is 0 Å². The molecule has 0 heterocycles. The molecule has 92 valence electrons. The van der Waals surface area contributed by atoms with E-state index in [0.717, 1.165) is 18.9 Å². The van der Waals surface area contributed by atoms with E-state index in [9.17, 15) is 9.90 Å². The van der Waals surface area contributed by atoms with Crippen LogP contribution in [0.4, 0.5) is 0 Å². The zero-order chi connectivity index (χ0) is 11.8. The van der Waals surface area contributed by atoms with Crippen LogP contribution in [0.2, 0.25) is 0 Å². The average Bonchev–Trinajstić information content (AvgIpc) is 2.30. The van der Waals surface area contributed by atoms with Crippen LogP contribution >= 0.6 is 0 Å². The number of aliphatic hydroxyl groups is 1. The van der Waals surface area contributed by atoms with E-state index < -0.39 is 12.3 Å². The molecule has 0 aromatic carbocycles. The molecule has 1 aliphatic rings. The van der Waals surface area contributed by atoms with Gasteiger partial charge in [0.25, 0.3) is 0 Å². The van der Waals surface area contributed by atoms with Crippen molar-refractivity contribution in [3.63, 3.8) is 0 Å². The smallest absolute Gasteiger partial charge is 0.330 e. The first-order valence-electron chi connectivity index (χ1n) is 5.85. The molecule has 1 rings (SSSR count). The Hall–Kier alpha value is -0.870. The van der Waals surface area contributed by atoms with Crippen molar-refractivity contribution in [1.82, 2.24) is 0 Å². The standard InChI is InChI=1S/C12H20O4/c1-2-11(13)15-9-8-12(14)16-10-6-4-3-5-7-10/h2,10,12,14H,1,3-9H2. The molecule has 4 heteroatoms. The molecule has 0 amide bonds. The van der Waals surface area contributed by atoms with Gasteiger partial charge in [0, 0.05) is 12.5 Å². The van der Waals surface area contributed by atoms with Crippen LogP contribution in [-0.2, 0) is 14.3 Å². The van der Waals surface area contributed by atoms with E-state index in [2.05, 4.69) is 6.58 Å². The Morgan fingerprint density at radius 1 is 1.44 bits per heavy atom. The molecule has 0 aliphatic heterocycles. The first-order valence-corrected chi connectivity index (χ1v) is 5.85. The van der Waals surface area contributed by atoms with Crippen molar-refractivity contribution in [2.45, 2.75) is 50.9 Å². The maximum absolute atomic E-state index is 10.7. The molecule has 1 aliphatic carbocycles. The van der Waals surface area contributed by atoms with Gasteiger partial charge >= 0.3 is 5.97 Å². The quantitative estimate of drug-likeness (QED) is 0.427. The lowest BCUT2D eigenvalue weighted by atomic mass is 9.98. The van der Waals surface area contributed by atoms with E-state index in [-0.39, 0.29) is 12.7 Å². The number of rotatable bonds is 6. The summed E-state index contributed by atoms with van der Waals surface area (Å²) in [5.74, 6) is -0.468. The summed E-state index contributed by atoms with van der Waals surface area (Å²) < 4.78 is 10.2. The number of carbonyl (C=O) groups excluding carboxylic acids is 1. The zero-order valence-corrected chi connectivity index (χ0v) is 9.56. The summed E-state index contributed by atoms with van der Waals surface area (Å²) in [6, 6.07) is 0. The van der Waals surface area contributed by atoms with E-state index >= 15 is 0 Å². The van der Waals surface area contributed by atoms with Gasteiger partial charge in [0.2, 0.25) is 0 Å². The van der Waals surface area contributed by atoms with Gasteiger partial charge < -0.3 is 14.6 Å². The molecule has 1 N–H and O–H groups in total. The molecule has 1 unspecified atom stereocenters. The molecule has 1 fully saturated rings. The van der Waals surface area contributed by atoms with Crippen LogP contribution in [0.1, 0.15) is 38.5 Å². The highest BCUT2D eigenvalue weighted by atomic mass is 16.6. The highest BCUT2D eigenvalue weighted by Crippen LogP contribution is 2.21. The Balaban J connectivity index is 2.07. The SMILES string of the molecule is C=CC(=O)OCCC(O)OC1CCCCC1. The Morgan fingerprint density at radius 2 is 2.12 bits per heavy atom. The van der Waals surface area contributed by atoms with Crippen LogP contribution in [-0.4, -0.2) is 30.1 Å². The van der Waals surface area contributed by atoms with E-state index in [1.807, 2.05) is 0 Å². The molecule has 1 atom stereocenters. The van der Waals surface area contributed by atoms with Gasteiger partial charge in [0.05, 0.1) is 12.7 Å². The van der Waals surface area contributed by atoms with Crippen LogP contribution in [0.15, 0.2) is 12.7 Å². The second-order valence-electron chi connectivity index (χ2n) is 4.01. The maximum Gasteiger partial charge on any atom is 0.330 e. The minimum atomic E-state index is -0.833. The molecule has 1 saturated carbocycles. The molecular formula is C12H20O4. The van der Waals surface area contributed by atoms with Gasteiger partial charge in [-0.2, -0.15) is 0 Å². The van der Waals surface area contributed by atoms with Crippen LogP contribution < -0.4 is 0 Å². The van der Waals surface area contributed by atoms with Crippen LogP contribution in [0.3, 0.4) is 0 Å². The zero-order valence-electron chi connectivity index (χ0n) is 9.56. The second kappa shape index (κ2) is 7.41. The van der Waals surface area contributed by atoms with Crippen molar-refractivity contribution in [3.8, 4) is 0 Å².